The van der Waals surface area contributed by atoms with E-state index in [4.69, 9.17) is 4.74 Å². The molecule has 8 heteroatoms. The maximum Gasteiger partial charge on any atom is 0.268 e. The van der Waals surface area contributed by atoms with Gasteiger partial charge in [-0.25, -0.2) is 9.97 Å². The van der Waals surface area contributed by atoms with E-state index in [1.165, 1.54) is 4.57 Å². The molecule has 160 valence electrons. The normalized spacial score (nSPS) is 16.1. The molecule has 1 atom stereocenters. The summed E-state index contributed by atoms with van der Waals surface area (Å²) in [6.45, 7) is 3.21. The molecule has 3 aromatic rings. The van der Waals surface area contributed by atoms with Gasteiger partial charge in [-0.15, -0.1) is 0 Å². The molecule has 1 N–H and O–H groups in total. The Morgan fingerprint density at radius 1 is 1.16 bits per heavy atom. The van der Waals surface area contributed by atoms with Crippen LogP contribution in [0, 0.1) is 6.92 Å². The first-order chi connectivity index (χ1) is 15.1. The first kappa shape index (κ1) is 20.6. The number of para-hydroxylation sites is 2. The van der Waals surface area contributed by atoms with Crippen LogP contribution < -0.4 is 20.5 Å². The number of carbonyl (C=O) groups excluding carboxylic acids is 1. The summed E-state index contributed by atoms with van der Waals surface area (Å²) in [6, 6.07) is 10.7. The van der Waals surface area contributed by atoms with Gasteiger partial charge in [0, 0.05) is 37.7 Å². The third kappa shape index (κ3) is 4.28. The molecule has 31 heavy (non-hydrogen) atoms. The molecular weight excluding hydrogens is 394 g/mol. The van der Waals surface area contributed by atoms with Crippen molar-refractivity contribution < 1.29 is 9.53 Å². The Labute approximate surface area is 180 Å². The molecule has 1 aromatic carbocycles. The molecule has 4 rings (SSSR count). The second-order valence-electron chi connectivity index (χ2n) is 7.53. The van der Waals surface area contributed by atoms with E-state index in [9.17, 15) is 9.59 Å². The number of anilines is 1. The SMILES string of the molecule is COc1ccccc1-n1ccc(C)c(C(=O)NC2CCCN(c3ncccn3)C2)c1=O. The van der Waals surface area contributed by atoms with Crippen LogP contribution >= 0.6 is 0 Å². The number of methoxy groups -OCH3 is 1. The van der Waals surface area contributed by atoms with Gasteiger partial charge in [0.05, 0.1) is 12.8 Å². The Balaban J connectivity index is 1.58. The number of hydrogen-bond donors (Lipinski definition) is 1. The van der Waals surface area contributed by atoms with E-state index in [-0.39, 0.29) is 23.1 Å². The lowest BCUT2D eigenvalue weighted by Gasteiger charge is -2.33. The van der Waals surface area contributed by atoms with Gasteiger partial charge in [0.25, 0.3) is 11.5 Å². The minimum absolute atomic E-state index is 0.0937. The fourth-order valence-electron chi connectivity index (χ4n) is 3.91. The van der Waals surface area contributed by atoms with Gasteiger partial charge in [-0.3, -0.25) is 14.2 Å². The lowest BCUT2D eigenvalue weighted by molar-refractivity contribution is 0.0930. The van der Waals surface area contributed by atoms with Crippen molar-refractivity contribution in [2.24, 2.45) is 0 Å². The molecule has 2 aromatic heterocycles. The van der Waals surface area contributed by atoms with Crippen LogP contribution in [0.3, 0.4) is 0 Å². The smallest absolute Gasteiger partial charge is 0.268 e. The first-order valence-electron chi connectivity index (χ1n) is 10.3. The van der Waals surface area contributed by atoms with Crippen molar-refractivity contribution in [2.45, 2.75) is 25.8 Å². The highest BCUT2D eigenvalue weighted by Crippen LogP contribution is 2.21. The number of nitrogens with one attached hydrogen (secondary N) is 1. The number of aryl methyl sites for hydroxylation is 1. The topological polar surface area (TPSA) is 89.3 Å². The molecule has 8 nitrogen and oxygen atoms in total. The fraction of sp³-hybridized carbons (Fsp3) is 0.304. The van der Waals surface area contributed by atoms with Gasteiger partial charge in [0.15, 0.2) is 0 Å². The molecule has 0 spiro atoms. The summed E-state index contributed by atoms with van der Waals surface area (Å²) in [7, 11) is 1.55. The zero-order valence-corrected chi connectivity index (χ0v) is 17.6. The highest BCUT2D eigenvalue weighted by atomic mass is 16.5. The van der Waals surface area contributed by atoms with Crippen LogP contribution in [-0.4, -0.2) is 46.7 Å². The van der Waals surface area contributed by atoms with Crippen LogP contribution in [0.5, 0.6) is 5.75 Å². The van der Waals surface area contributed by atoms with Crippen molar-refractivity contribution in [1.82, 2.24) is 19.9 Å². The zero-order chi connectivity index (χ0) is 21.8. The van der Waals surface area contributed by atoms with Crippen molar-refractivity contribution in [3.05, 3.63) is 76.5 Å². The first-order valence-corrected chi connectivity index (χ1v) is 10.3. The van der Waals surface area contributed by atoms with Gasteiger partial charge in [0.2, 0.25) is 5.95 Å². The number of rotatable bonds is 5. The molecule has 0 radical (unpaired) electrons. The Morgan fingerprint density at radius 2 is 1.94 bits per heavy atom. The van der Waals surface area contributed by atoms with Crippen LogP contribution in [-0.2, 0) is 0 Å². The van der Waals surface area contributed by atoms with Crippen molar-refractivity contribution in [3.63, 3.8) is 0 Å². The molecule has 1 fully saturated rings. The number of benzene rings is 1. The molecule has 1 aliphatic heterocycles. The predicted octanol–water partition coefficient (Wildman–Crippen LogP) is 2.34. The molecule has 3 heterocycles. The molecular formula is C23H25N5O3. The lowest BCUT2D eigenvalue weighted by Crippen LogP contribution is -2.49. The van der Waals surface area contributed by atoms with E-state index in [0.717, 1.165) is 19.4 Å². The maximum atomic E-state index is 13.2. The second-order valence-corrected chi connectivity index (χ2v) is 7.53. The van der Waals surface area contributed by atoms with Crippen LogP contribution in [0.2, 0.25) is 0 Å². The van der Waals surface area contributed by atoms with E-state index in [1.54, 1.807) is 56.9 Å². The number of nitrogens with zero attached hydrogens (tertiary/aromatic N) is 4. The maximum absolute atomic E-state index is 13.2. The molecule has 0 aliphatic carbocycles. The predicted molar refractivity (Wildman–Crippen MR) is 118 cm³/mol. The van der Waals surface area contributed by atoms with Crippen LogP contribution in [0.4, 0.5) is 5.95 Å². The summed E-state index contributed by atoms with van der Waals surface area (Å²) >= 11 is 0. The largest absolute Gasteiger partial charge is 0.495 e. The van der Waals surface area contributed by atoms with Crippen LogP contribution in [0.1, 0.15) is 28.8 Å². The van der Waals surface area contributed by atoms with E-state index < -0.39 is 0 Å². The van der Waals surface area contributed by atoms with E-state index in [1.807, 2.05) is 12.1 Å². The number of ether oxygens (including phenoxy) is 1. The van der Waals surface area contributed by atoms with Gasteiger partial charge in [-0.2, -0.15) is 0 Å². The molecule has 1 saturated heterocycles. The van der Waals surface area contributed by atoms with E-state index >= 15 is 0 Å². The van der Waals surface area contributed by atoms with Crippen LogP contribution in [0.15, 0.2) is 59.8 Å². The number of hydrogen-bond acceptors (Lipinski definition) is 6. The van der Waals surface area contributed by atoms with E-state index in [2.05, 4.69) is 20.2 Å². The Morgan fingerprint density at radius 3 is 2.71 bits per heavy atom. The molecule has 1 aliphatic rings. The number of aromatic nitrogens is 3. The molecule has 1 amide bonds. The fourth-order valence-corrected chi connectivity index (χ4v) is 3.91. The summed E-state index contributed by atoms with van der Waals surface area (Å²) in [5.74, 6) is 0.842. The van der Waals surface area contributed by atoms with Crippen LogP contribution in [0.25, 0.3) is 5.69 Å². The van der Waals surface area contributed by atoms with Gasteiger partial charge in [-0.1, -0.05) is 12.1 Å². The Hall–Kier alpha value is -3.68. The summed E-state index contributed by atoms with van der Waals surface area (Å²) in [5.41, 5.74) is 0.990. The molecule has 0 saturated carbocycles. The van der Waals surface area contributed by atoms with Gasteiger partial charge in [0.1, 0.15) is 11.3 Å². The third-order valence-corrected chi connectivity index (χ3v) is 5.46. The number of carbonyl (C=O) groups is 1. The monoisotopic (exact) mass is 419 g/mol. The summed E-state index contributed by atoms with van der Waals surface area (Å²) in [4.78, 5) is 37.0. The number of pyridine rings is 1. The quantitative estimate of drug-likeness (QED) is 0.683. The van der Waals surface area contributed by atoms with Crippen molar-refractivity contribution in [3.8, 4) is 11.4 Å². The summed E-state index contributed by atoms with van der Waals surface area (Å²) < 4.78 is 6.83. The number of amides is 1. The molecule has 1 unspecified atom stereocenters. The highest BCUT2D eigenvalue weighted by Gasteiger charge is 2.25. The average Bonchev–Trinajstić information content (AvgIpc) is 2.80. The van der Waals surface area contributed by atoms with Gasteiger partial charge in [-0.05, 0) is 49.6 Å². The average molecular weight is 419 g/mol. The van der Waals surface area contributed by atoms with Crippen molar-refractivity contribution in [2.75, 3.05) is 25.1 Å². The minimum atomic E-state index is -0.374. The van der Waals surface area contributed by atoms with Crippen molar-refractivity contribution >= 4 is 11.9 Å². The number of piperidine rings is 1. The summed E-state index contributed by atoms with van der Waals surface area (Å²) in [6.07, 6.45) is 6.82. The van der Waals surface area contributed by atoms with Gasteiger partial charge < -0.3 is 15.0 Å². The van der Waals surface area contributed by atoms with Crippen molar-refractivity contribution in [1.29, 1.82) is 0 Å². The van der Waals surface area contributed by atoms with E-state index in [0.29, 0.717) is 29.5 Å². The minimum Gasteiger partial charge on any atom is -0.495 e. The summed E-state index contributed by atoms with van der Waals surface area (Å²) in [5, 5.41) is 3.04. The standard InChI is InChI=1S/C23H25N5O3/c1-16-10-14-28(18-8-3-4-9-19(18)31-2)22(30)20(16)21(29)26-17-7-5-13-27(15-17)23-24-11-6-12-25-23/h3-4,6,8-12,14,17H,5,7,13,15H2,1-2H3,(H,26,29). The third-order valence-electron chi connectivity index (χ3n) is 5.46. The Bertz CT molecular complexity index is 1130. The molecule has 0 bridgehead atoms. The highest BCUT2D eigenvalue weighted by molar-refractivity contribution is 5.95. The second kappa shape index (κ2) is 8.99. The lowest BCUT2D eigenvalue weighted by atomic mass is 10.0. The zero-order valence-electron chi connectivity index (χ0n) is 17.6. The van der Waals surface area contributed by atoms with Gasteiger partial charge >= 0.3 is 0 Å². The Kier molecular flexibility index (Phi) is 5.97.